The molecule has 4 rings (SSSR count). The first-order valence-corrected chi connectivity index (χ1v) is 11.5. The number of fused-ring (bicyclic) bond motifs is 1. The summed E-state index contributed by atoms with van der Waals surface area (Å²) in [4.78, 5) is 13.1. The molecule has 31 heavy (non-hydrogen) atoms. The van der Waals surface area contributed by atoms with Crippen LogP contribution in [0.2, 0.25) is 0 Å². The van der Waals surface area contributed by atoms with Crippen LogP contribution in [-0.4, -0.2) is 39.2 Å². The van der Waals surface area contributed by atoms with Gasteiger partial charge >= 0.3 is 0 Å². The van der Waals surface area contributed by atoms with E-state index in [9.17, 15) is 4.79 Å². The van der Waals surface area contributed by atoms with E-state index in [0.29, 0.717) is 18.3 Å². The van der Waals surface area contributed by atoms with Gasteiger partial charge in [-0.25, -0.2) is 4.68 Å². The number of benzene rings is 2. The fourth-order valence-electron chi connectivity index (χ4n) is 3.51. The Morgan fingerprint density at radius 2 is 1.90 bits per heavy atom. The lowest BCUT2D eigenvalue weighted by atomic mass is 10.0. The van der Waals surface area contributed by atoms with Crippen LogP contribution in [-0.2, 0) is 4.79 Å². The quantitative estimate of drug-likeness (QED) is 0.518. The smallest absolute Gasteiger partial charge is 0.236 e. The maximum absolute atomic E-state index is 13.1. The van der Waals surface area contributed by atoms with Crippen molar-refractivity contribution >= 4 is 17.7 Å². The van der Waals surface area contributed by atoms with Gasteiger partial charge in [0.1, 0.15) is 11.0 Å². The molecule has 7 nitrogen and oxygen atoms in total. The van der Waals surface area contributed by atoms with Gasteiger partial charge in [-0.1, -0.05) is 67.6 Å². The van der Waals surface area contributed by atoms with Crippen LogP contribution in [0.25, 0.3) is 11.4 Å². The number of hydrogen-bond donors (Lipinski definition) is 2. The molecule has 0 aliphatic carbocycles. The van der Waals surface area contributed by atoms with E-state index in [-0.39, 0.29) is 17.2 Å². The van der Waals surface area contributed by atoms with Crippen molar-refractivity contribution in [1.82, 2.24) is 20.2 Å². The number of carbonyl (C=O) groups excluding carboxylic acids is 1. The third kappa shape index (κ3) is 4.69. The highest BCUT2D eigenvalue weighted by Crippen LogP contribution is 2.38. The Balaban J connectivity index is 1.66. The number of thioether (sulfide) groups is 1. The fourth-order valence-corrected chi connectivity index (χ4v) is 4.61. The third-order valence-electron chi connectivity index (χ3n) is 5.11. The molecule has 0 saturated carbocycles. The van der Waals surface area contributed by atoms with E-state index < -0.39 is 0 Å². The number of rotatable bonds is 8. The van der Waals surface area contributed by atoms with E-state index in [2.05, 4.69) is 27.9 Å². The predicted octanol–water partition coefficient (Wildman–Crippen LogP) is 4.02. The topological polar surface area (TPSA) is 81.1 Å². The molecule has 0 radical (unpaired) electrons. The Labute approximate surface area is 186 Å². The molecule has 2 N–H and O–H groups in total. The summed E-state index contributed by atoms with van der Waals surface area (Å²) in [6.45, 7) is 5.36. The average molecular weight is 438 g/mol. The molecule has 0 fully saturated rings. The Hall–Kier alpha value is -3.00. The molecule has 0 unspecified atom stereocenters. The number of unbranched alkanes of at least 4 members (excludes halogenated alkanes) is 1. The van der Waals surface area contributed by atoms with E-state index in [1.54, 1.807) is 0 Å². The Bertz CT molecular complexity index is 1010. The number of carbonyl (C=O) groups is 1. The van der Waals surface area contributed by atoms with E-state index >= 15 is 0 Å². The second-order valence-electron chi connectivity index (χ2n) is 7.30. The lowest BCUT2D eigenvalue weighted by Gasteiger charge is -2.33. The normalized spacial score (nSPS) is 17.5. The van der Waals surface area contributed by atoms with Crippen LogP contribution >= 0.6 is 11.8 Å². The second-order valence-corrected chi connectivity index (χ2v) is 8.41. The SMILES string of the molecule is CCCCNC(=O)[C@@H]1Sc2nnc(-c3ccccc3)n2N[C@H]1c1ccc(OCC)cc1. The number of amides is 1. The van der Waals surface area contributed by atoms with Gasteiger partial charge in [-0.15, -0.1) is 10.2 Å². The minimum Gasteiger partial charge on any atom is -0.494 e. The van der Waals surface area contributed by atoms with Crippen LogP contribution in [0.5, 0.6) is 5.75 Å². The van der Waals surface area contributed by atoms with Crippen molar-refractivity contribution in [3.05, 3.63) is 60.2 Å². The summed E-state index contributed by atoms with van der Waals surface area (Å²) in [5.41, 5.74) is 5.47. The van der Waals surface area contributed by atoms with Crippen LogP contribution < -0.4 is 15.5 Å². The molecule has 0 bridgehead atoms. The number of hydrogen-bond acceptors (Lipinski definition) is 6. The van der Waals surface area contributed by atoms with Crippen molar-refractivity contribution in [1.29, 1.82) is 0 Å². The number of nitrogens with one attached hydrogen (secondary N) is 2. The highest BCUT2D eigenvalue weighted by Gasteiger charge is 2.37. The first-order chi connectivity index (χ1) is 15.2. The van der Waals surface area contributed by atoms with E-state index in [1.807, 2.05) is 66.2 Å². The molecule has 1 aliphatic rings. The molecular weight excluding hydrogens is 410 g/mol. The molecule has 1 amide bonds. The summed E-state index contributed by atoms with van der Waals surface area (Å²) in [7, 11) is 0. The van der Waals surface area contributed by atoms with Crippen molar-refractivity contribution in [3.8, 4) is 17.1 Å². The molecule has 0 spiro atoms. The predicted molar refractivity (Wildman–Crippen MR) is 123 cm³/mol. The van der Waals surface area contributed by atoms with E-state index in [0.717, 1.165) is 35.5 Å². The maximum Gasteiger partial charge on any atom is 0.236 e. The van der Waals surface area contributed by atoms with Crippen molar-refractivity contribution in [2.24, 2.45) is 0 Å². The van der Waals surface area contributed by atoms with Crippen LogP contribution in [0.4, 0.5) is 0 Å². The van der Waals surface area contributed by atoms with Gasteiger partial charge in [0.2, 0.25) is 11.1 Å². The summed E-state index contributed by atoms with van der Waals surface area (Å²) in [6, 6.07) is 17.6. The maximum atomic E-state index is 13.1. The standard InChI is InChI=1S/C23H27N5O2S/c1-3-5-15-24-22(29)20-19(16-11-13-18(14-12-16)30-4-2)27-28-21(25-26-23(28)31-20)17-9-7-6-8-10-17/h6-14,19-20,27H,3-5,15H2,1-2H3,(H,24,29)/t19-,20+/m0/s1. The Morgan fingerprint density at radius 3 is 2.61 bits per heavy atom. The highest BCUT2D eigenvalue weighted by atomic mass is 32.2. The van der Waals surface area contributed by atoms with Crippen LogP contribution in [0, 0.1) is 0 Å². The first-order valence-electron chi connectivity index (χ1n) is 10.7. The summed E-state index contributed by atoms with van der Waals surface area (Å²) in [6.07, 6.45) is 1.99. The van der Waals surface area contributed by atoms with Gasteiger partial charge in [0, 0.05) is 12.1 Å². The zero-order chi connectivity index (χ0) is 21.6. The molecule has 2 heterocycles. The van der Waals surface area contributed by atoms with Crippen molar-refractivity contribution in [2.75, 3.05) is 18.6 Å². The third-order valence-corrected chi connectivity index (χ3v) is 6.32. The monoisotopic (exact) mass is 437 g/mol. The molecule has 8 heteroatoms. The largest absolute Gasteiger partial charge is 0.494 e. The molecule has 1 aliphatic heterocycles. The summed E-state index contributed by atoms with van der Waals surface area (Å²) in [5.74, 6) is 1.54. The van der Waals surface area contributed by atoms with Crippen molar-refractivity contribution < 1.29 is 9.53 Å². The van der Waals surface area contributed by atoms with Crippen LogP contribution in [0.15, 0.2) is 59.8 Å². The Morgan fingerprint density at radius 1 is 1.13 bits per heavy atom. The summed E-state index contributed by atoms with van der Waals surface area (Å²) in [5, 5.41) is 12.1. The Kier molecular flexibility index (Phi) is 6.76. The van der Waals surface area contributed by atoms with Gasteiger partial charge in [-0.05, 0) is 31.0 Å². The molecule has 3 aromatic rings. The average Bonchev–Trinajstić information content (AvgIpc) is 3.23. The lowest BCUT2D eigenvalue weighted by molar-refractivity contribution is -0.120. The molecular formula is C23H27N5O2S. The van der Waals surface area contributed by atoms with Gasteiger partial charge in [0.05, 0.1) is 12.6 Å². The van der Waals surface area contributed by atoms with Crippen molar-refractivity contribution in [3.63, 3.8) is 0 Å². The number of nitrogens with zero attached hydrogens (tertiary/aromatic N) is 3. The number of aromatic nitrogens is 3. The van der Waals surface area contributed by atoms with Gasteiger partial charge in [-0.3, -0.25) is 4.79 Å². The van der Waals surface area contributed by atoms with E-state index in [1.165, 1.54) is 11.8 Å². The van der Waals surface area contributed by atoms with Gasteiger partial charge in [0.15, 0.2) is 5.82 Å². The fraction of sp³-hybridized carbons (Fsp3) is 0.348. The molecule has 2 aromatic carbocycles. The molecule has 2 atom stereocenters. The summed E-state index contributed by atoms with van der Waals surface area (Å²) >= 11 is 1.44. The zero-order valence-electron chi connectivity index (χ0n) is 17.7. The van der Waals surface area contributed by atoms with Gasteiger partial charge in [-0.2, -0.15) is 0 Å². The highest BCUT2D eigenvalue weighted by molar-refractivity contribution is 8.00. The minimum absolute atomic E-state index is 0.000320. The molecule has 0 saturated heterocycles. The second kappa shape index (κ2) is 9.87. The minimum atomic E-state index is -0.366. The number of ether oxygens (including phenoxy) is 1. The van der Waals surface area contributed by atoms with Crippen molar-refractivity contribution in [2.45, 2.75) is 43.1 Å². The van der Waals surface area contributed by atoms with Gasteiger partial charge in [0.25, 0.3) is 0 Å². The van der Waals surface area contributed by atoms with Crippen LogP contribution in [0.3, 0.4) is 0 Å². The summed E-state index contributed by atoms with van der Waals surface area (Å²) < 4.78 is 7.46. The molecule has 1 aromatic heterocycles. The van der Waals surface area contributed by atoms with Gasteiger partial charge < -0.3 is 15.5 Å². The zero-order valence-corrected chi connectivity index (χ0v) is 18.6. The first kappa shape index (κ1) is 21.2. The molecule has 162 valence electrons. The lowest BCUT2D eigenvalue weighted by Crippen LogP contribution is -2.44. The van der Waals surface area contributed by atoms with E-state index in [4.69, 9.17) is 4.74 Å². The van der Waals surface area contributed by atoms with Crippen LogP contribution in [0.1, 0.15) is 38.3 Å².